The van der Waals surface area contributed by atoms with E-state index >= 15 is 0 Å². The van der Waals surface area contributed by atoms with E-state index in [4.69, 9.17) is 4.74 Å². The van der Waals surface area contributed by atoms with Gasteiger partial charge in [0.2, 0.25) is 11.8 Å². The van der Waals surface area contributed by atoms with Gasteiger partial charge >= 0.3 is 5.97 Å². The van der Waals surface area contributed by atoms with Crippen LogP contribution in [0, 0.1) is 0 Å². The topological polar surface area (TPSA) is 63.7 Å². The zero-order valence-electron chi connectivity index (χ0n) is 11.9. The number of rotatable bonds is 3. The first-order valence-corrected chi connectivity index (χ1v) is 8.12. The Kier molecular flexibility index (Phi) is 3.80. The van der Waals surface area contributed by atoms with Crippen molar-refractivity contribution in [3.8, 4) is 0 Å². The first-order chi connectivity index (χ1) is 10.1. The molecule has 0 aromatic carbocycles. The van der Waals surface area contributed by atoms with Gasteiger partial charge in [-0.3, -0.25) is 9.59 Å². The van der Waals surface area contributed by atoms with Crippen molar-refractivity contribution in [2.45, 2.75) is 45.4 Å². The van der Waals surface area contributed by atoms with Crippen molar-refractivity contribution in [2.75, 3.05) is 11.5 Å². The smallest absolute Gasteiger partial charge is 0.341 e. The van der Waals surface area contributed by atoms with Crippen LogP contribution in [0.3, 0.4) is 0 Å². The highest BCUT2D eigenvalue weighted by molar-refractivity contribution is 7.17. The molecule has 1 saturated heterocycles. The van der Waals surface area contributed by atoms with E-state index in [2.05, 4.69) is 0 Å². The van der Waals surface area contributed by atoms with Gasteiger partial charge in [-0.05, 0) is 38.2 Å². The standard InChI is InChI=1S/C15H17NO4S/c1-2-20-15(19)13-9-5-3-4-6-10(9)21-14(13)16-11(17)7-8-12(16)18/h2-8H2,1H3. The number of anilines is 1. The molecule has 0 atom stereocenters. The maximum absolute atomic E-state index is 12.3. The third kappa shape index (κ3) is 2.37. The Morgan fingerprint density at radius 1 is 1.14 bits per heavy atom. The highest BCUT2D eigenvalue weighted by Crippen LogP contribution is 2.42. The molecular weight excluding hydrogens is 290 g/mol. The van der Waals surface area contributed by atoms with Gasteiger partial charge in [0, 0.05) is 17.7 Å². The molecule has 0 N–H and O–H groups in total. The number of amides is 2. The molecule has 2 aliphatic rings. The summed E-state index contributed by atoms with van der Waals surface area (Å²) >= 11 is 1.40. The summed E-state index contributed by atoms with van der Waals surface area (Å²) in [7, 11) is 0. The predicted molar refractivity (Wildman–Crippen MR) is 78.6 cm³/mol. The summed E-state index contributed by atoms with van der Waals surface area (Å²) in [6.07, 6.45) is 4.28. The van der Waals surface area contributed by atoms with E-state index in [0.717, 1.165) is 36.1 Å². The van der Waals surface area contributed by atoms with E-state index in [9.17, 15) is 14.4 Å². The van der Waals surface area contributed by atoms with Crippen molar-refractivity contribution in [1.82, 2.24) is 0 Å². The van der Waals surface area contributed by atoms with Crippen LogP contribution in [0.5, 0.6) is 0 Å². The van der Waals surface area contributed by atoms with Crippen LogP contribution in [0.25, 0.3) is 0 Å². The van der Waals surface area contributed by atoms with Gasteiger partial charge in [-0.15, -0.1) is 11.3 Å². The Labute approximate surface area is 126 Å². The molecule has 3 rings (SSSR count). The maximum atomic E-state index is 12.3. The SMILES string of the molecule is CCOC(=O)c1c(N2C(=O)CCC2=O)sc2c1CCCC2. The molecule has 0 bridgehead atoms. The average molecular weight is 307 g/mol. The van der Waals surface area contributed by atoms with Crippen molar-refractivity contribution in [1.29, 1.82) is 0 Å². The van der Waals surface area contributed by atoms with Crippen molar-refractivity contribution >= 4 is 34.1 Å². The number of carbonyl (C=O) groups is 3. The number of thiophene rings is 1. The Morgan fingerprint density at radius 2 is 1.81 bits per heavy atom. The summed E-state index contributed by atoms with van der Waals surface area (Å²) in [4.78, 5) is 38.6. The van der Waals surface area contributed by atoms with Crippen LogP contribution in [0.1, 0.15) is 53.4 Å². The van der Waals surface area contributed by atoms with Crippen LogP contribution < -0.4 is 4.90 Å². The lowest BCUT2D eigenvalue weighted by Crippen LogP contribution is -2.29. The molecule has 1 aromatic heterocycles. The zero-order chi connectivity index (χ0) is 15.0. The minimum atomic E-state index is -0.417. The largest absolute Gasteiger partial charge is 0.462 e. The van der Waals surface area contributed by atoms with Gasteiger partial charge in [-0.2, -0.15) is 0 Å². The van der Waals surface area contributed by atoms with E-state index in [0.29, 0.717) is 10.6 Å². The van der Waals surface area contributed by atoms with E-state index in [1.54, 1.807) is 6.92 Å². The van der Waals surface area contributed by atoms with Crippen LogP contribution in [0.2, 0.25) is 0 Å². The van der Waals surface area contributed by atoms with Crippen LogP contribution in [-0.4, -0.2) is 24.4 Å². The highest BCUT2D eigenvalue weighted by atomic mass is 32.1. The second-order valence-electron chi connectivity index (χ2n) is 5.23. The molecule has 2 heterocycles. The molecule has 21 heavy (non-hydrogen) atoms. The van der Waals surface area contributed by atoms with Gasteiger partial charge in [0.15, 0.2) is 0 Å². The first-order valence-electron chi connectivity index (χ1n) is 7.31. The molecule has 0 radical (unpaired) electrons. The first kappa shape index (κ1) is 14.3. The summed E-state index contributed by atoms with van der Waals surface area (Å²) in [5.41, 5.74) is 1.42. The molecule has 6 heteroatoms. The molecule has 112 valence electrons. The summed E-state index contributed by atoms with van der Waals surface area (Å²) in [5, 5.41) is 0.479. The van der Waals surface area contributed by atoms with E-state index < -0.39 is 5.97 Å². The Bertz CT molecular complexity index is 603. The second-order valence-corrected chi connectivity index (χ2v) is 6.32. The van der Waals surface area contributed by atoms with E-state index in [1.165, 1.54) is 16.2 Å². The molecular formula is C15H17NO4S. The third-order valence-electron chi connectivity index (χ3n) is 3.89. The van der Waals surface area contributed by atoms with Crippen LogP contribution >= 0.6 is 11.3 Å². The van der Waals surface area contributed by atoms with E-state index in [-0.39, 0.29) is 31.3 Å². The predicted octanol–water partition coefficient (Wildman–Crippen LogP) is 2.46. The maximum Gasteiger partial charge on any atom is 0.341 e. The Morgan fingerprint density at radius 3 is 2.48 bits per heavy atom. The monoisotopic (exact) mass is 307 g/mol. The number of hydrogen-bond donors (Lipinski definition) is 0. The van der Waals surface area contributed by atoms with Crippen molar-refractivity contribution in [3.63, 3.8) is 0 Å². The van der Waals surface area contributed by atoms with Crippen LogP contribution in [0.4, 0.5) is 5.00 Å². The number of fused-ring (bicyclic) bond motifs is 1. The molecule has 0 unspecified atom stereocenters. The quantitative estimate of drug-likeness (QED) is 0.635. The summed E-state index contributed by atoms with van der Waals surface area (Å²) in [6.45, 7) is 2.04. The van der Waals surface area contributed by atoms with E-state index in [1.807, 2.05) is 0 Å². The van der Waals surface area contributed by atoms with Crippen molar-refractivity contribution < 1.29 is 19.1 Å². The molecule has 1 fully saturated rings. The van der Waals surface area contributed by atoms with Crippen LogP contribution in [-0.2, 0) is 27.2 Å². The number of hydrogen-bond acceptors (Lipinski definition) is 5. The van der Waals surface area contributed by atoms with Gasteiger partial charge in [0.25, 0.3) is 0 Å². The lowest BCUT2D eigenvalue weighted by Gasteiger charge is -2.15. The lowest BCUT2D eigenvalue weighted by atomic mass is 9.95. The van der Waals surface area contributed by atoms with Gasteiger partial charge in [0.1, 0.15) is 5.00 Å². The van der Waals surface area contributed by atoms with Gasteiger partial charge in [-0.1, -0.05) is 0 Å². The Balaban J connectivity index is 2.10. The number of esters is 1. The molecule has 1 aliphatic carbocycles. The zero-order valence-corrected chi connectivity index (χ0v) is 12.8. The highest BCUT2D eigenvalue weighted by Gasteiger charge is 2.37. The molecule has 1 aromatic rings. The number of nitrogens with zero attached hydrogens (tertiary/aromatic N) is 1. The van der Waals surface area contributed by atoms with Crippen molar-refractivity contribution in [3.05, 3.63) is 16.0 Å². The van der Waals surface area contributed by atoms with Crippen molar-refractivity contribution in [2.24, 2.45) is 0 Å². The fourth-order valence-electron chi connectivity index (χ4n) is 2.93. The van der Waals surface area contributed by atoms with Gasteiger partial charge < -0.3 is 4.74 Å². The molecule has 1 aliphatic heterocycles. The van der Waals surface area contributed by atoms with Gasteiger partial charge in [0.05, 0.1) is 12.2 Å². The molecule has 5 nitrogen and oxygen atoms in total. The summed E-state index contributed by atoms with van der Waals surface area (Å²) < 4.78 is 5.14. The summed E-state index contributed by atoms with van der Waals surface area (Å²) in [5.74, 6) is -0.854. The van der Waals surface area contributed by atoms with Crippen LogP contribution in [0.15, 0.2) is 0 Å². The minimum Gasteiger partial charge on any atom is -0.462 e. The Hall–Kier alpha value is -1.69. The minimum absolute atomic E-state index is 0.218. The third-order valence-corrected chi connectivity index (χ3v) is 5.16. The number of ether oxygens (including phenoxy) is 1. The lowest BCUT2D eigenvalue weighted by molar-refractivity contribution is -0.121. The average Bonchev–Trinajstić information content (AvgIpc) is 2.99. The van der Waals surface area contributed by atoms with Gasteiger partial charge in [-0.25, -0.2) is 9.69 Å². The normalized spacial score (nSPS) is 18.0. The number of carbonyl (C=O) groups excluding carboxylic acids is 3. The fraction of sp³-hybridized carbons (Fsp3) is 0.533. The second kappa shape index (κ2) is 5.60. The fourth-order valence-corrected chi connectivity index (χ4v) is 4.34. The summed E-state index contributed by atoms with van der Waals surface area (Å²) in [6, 6.07) is 0. The molecule has 2 amide bonds. The molecule has 0 saturated carbocycles. The number of aryl methyl sites for hydroxylation is 1. The molecule has 0 spiro atoms. The number of imide groups is 1.